The van der Waals surface area contributed by atoms with Gasteiger partial charge in [0.1, 0.15) is 5.82 Å². The number of fused-ring (bicyclic) bond motifs is 6. The molecule has 7 aromatic rings. The smallest absolute Gasteiger partial charge is 0.137 e. The predicted octanol–water partition coefficient (Wildman–Crippen LogP) is 9.46. The monoisotopic (exact) mass is 569 g/mol. The van der Waals surface area contributed by atoms with Gasteiger partial charge in [0.15, 0.2) is 0 Å². The number of hydrogen-bond donors (Lipinski definition) is 1. The van der Waals surface area contributed by atoms with Crippen LogP contribution in [-0.2, 0) is 12.8 Å². The molecular formula is C39H31N5. The largest absolute Gasteiger partial charge is 0.310 e. The minimum absolute atomic E-state index is 0.248. The second-order valence-corrected chi connectivity index (χ2v) is 11.8. The van der Waals surface area contributed by atoms with Crippen molar-refractivity contribution in [3.63, 3.8) is 0 Å². The summed E-state index contributed by atoms with van der Waals surface area (Å²) in [5.74, 6) is 0.919. The number of aryl methyl sites for hydroxylation is 2. The van der Waals surface area contributed by atoms with E-state index in [1.807, 2.05) is 12.3 Å². The maximum Gasteiger partial charge on any atom is 0.137 e. The number of benzene rings is 5. The first-order valence-corrected chi connectivity index (χ1v) is 15.4. The van der Waals surface area contributed by atoms with E-state index in [4.69, 9.17) is 4.98 Å². The molecule has 2 aromatic heterocycles. The van der Waals surface area contributed by atoms with E-state index in [2.05, 4.69) is 148 Å². The average molecular weight is 570 g/mol. The molecule has 0 spiro atoms. The van der Waals surface area contributed by atoms with E-state index < -0.39 is 0 Å². The number of hydrazine groups is 1. The molecule has 2 aliphatic heterocycles. The van der Waals surface area contributed by atoms with Gasteiger partial charge in [0.05, 0.1) is 34.1 Å². The first-order valence-electron chi connectivity index (χ1n) is 15.4. The third-order valence-electron chi connectivity index (χ3n) is 9.23. The van der Waals surface area contributed by atoms with Crippen molar-refractivity contribution in [1.29, 1.82) is 0 Å². The topological polar surface area (TPSA) is 36.3 Å². The number of nitrogens with one attached hydrogen (secondary N) is 1. The van der Waals surface area contributed by atoms with Gasteiger partial charge in [-0.15, -0.1) is 0 Å². The summed E-state index contributed by atoms with van der Waals surface area (Å²) < 4.78 is 2.29. The van der Waals surface area contributed by atoms with Gasteiger partial charge in [-0.05, 0) is 91.1 Å². The van der Waals surface area contributed by atoms with Crippen LogP contribution in [-0.4, -0.2) is 9.55 Å². The highest BCUT2D eigenvalue weighted by atomic mass is 15.5. The number of hydrogen-bond acceptors (Lipinski definition) is 4. The van der Waals surface area contributed by atoms with E-state index in [0.717, 1.165) is 41.1 Å². The zero-order valence-electron chi connectivity index (χ0n) is 24.5. The Balaban J connectivity index is 1.28. The van der Waals surface area contributed by atoms with E-state index in [1.165, 1.54) is 44.5 Å². The van der Waals surface area contributed by atoms with E-state index >= 15 is 0 Å². The number of para-hydroxylation sites is 3. The van der Waals surface area contributed by atoms with E-state index in [1.54, 1.807) is 0 Å². The molecule has 0 aliphatic carbocycles. The molecule has 4 heterocycles. The highest BCUT2D eigenvalue weighted by Gasteiger charge is 2.28. The highest BCUT2D eigenvalue weighted by Crippen LogP contribution is 2.46. The van der Waals surface area contributed by atoms with Crippen LogP contribution in [0.1, 0.15) is 29.7 Å². The van der Waals surface area contributed by atoms with Gasteiger partial charge in [-0.2, -0.15) is 0 Å². The Morgan fingerprint density at radius 3 is 2.23 bits per heavy atom. The Hall–Kier alpha value is -5.39. The first kappa shape index (κ1) is 25.1. The van der Waals surface area contributed by atoms with Crippen LogP contribution in [0, 0.1) is 0 Å². The third kappa shape index (κ3) is 3.79. The number of rotatable bonds is 3. The van der Waals surface area contributed by atoms with Crippen LogP contribution in [0.4, 0.5) is 28.4 Å². The maximum absolute atomic E-state index is 4.77. The summed E-state index contributed by atoms with van der Waals surface area (Å²) in [5, 5.41) is 4.70. The molecular weight excluding hydrogens is 538 g/mol. The molecule has 212 valence electrons. The summed E-state index contributed by atoms with van der Waals surface area (Å²) in [7, 11) is 0. The first-order chi connectivity index (χ1) is 21.7. The molecule has 1 atom stereocenters. The lowest BCUT2D eigenvalue weighted by Gasteiger charge is -2.29. The van der Waals surface area contributed by atoms with Crippen molar-refractivity contribution in [2.75, 3.05) is 9.91 Å². The summed E-state index contributed by atoms with van der Waals surface area (Å²) in [5.41, 5.74) is 15.9. The molecule has 44 heavy (non-hydrogen) atoms. The molecule has 0 radical (unpaired) electrons. The zero-order valence-corrected chi connectivity index (χ0v) is 24.5. The Labute approximate surface area is 256 Å². The predicted molar refractivity (Wildman–Crippen MR) is 181 cm³/mol. The van der Waals surface area contributed by atoms with E-state index in [0.29, 0.717) is 0 Å². The van der Waals surface area contributed by atoms with Crippen molar-refractivity contribution in [1.82, 2.24) is 15.0 Å². The average Bonchev–Trinajstić information content (AvgIpc) is 3.53. The van der Waals surface area contributed by atoms with Crippen molar-refractivity contribution in [2.45, 2.75) is 25.8 Å². The molecule has 5 aromatic carbocycles. The molecule has 5 heteroatoms. The fourth-order valence-corrected chi connectivity index (χ4v) is 7.16. The van der Waals surface area contributed by atoms with Gasteiger partial charge in [0.2, 0.25) is 0 Å². The molecule has 9 rings (SSSR count). The van der Waals surface area contributed by atoms with E-state index in [9.17, 15) is 0 Å². The van der Waals surface area contributed by atoms with Crippen LogP contribution in [0.15, 0.2) is 134 Å². The van der Waals surface area contributed by atoms with Crippen LogP contribution < -0.4 is 15.3 Å². The molecule has 5 nitrogen and oxygen atoms in total. The molecule has 1 N–H and O–H groups in total. The minimum Gasteiger partial charge on any atom is -0.310 e. The van der Waals surface area contributed by atoms with Crippen molar-refractivity contribution in [3.05, 3.63) is 150 Å². The normalized spacial score (nSPS) is 15.7. The molecule has 0 saturated heterocycles. The molecule has 0 amide bonds. The molecule has 0 bridgehead atoms. The van der Waals surface area contributed by atoms with Gasteiger partial charge >= 0.3 is 0 Å². The Bertz CT molecular complexity index is 2200. The second-order valence-electron chi connectivity index (χ2n) is 11.8. The van der Waals surface area contributed by atoms with Crippen molar-refractivity contribution in [3.8, 4) is 5.82 Å². The van der Waals surface area contributed by atoms with Crippen LogP contribution in [0.25, 0.3) is 27.6 Å². The summed E-state index contributed by atoms with van der Waals surface area (Å²) in [6.07, 6.45) is 3.85. The Morgan fingerprint density at radius 1 is 0.614 bits per heavy atom. The standard InChI is InChI=1S/C39H31N5/c1-26-31-11-3-7-15-36(31)44(41-26)30-20-19-28-18-17-27-10-2-5-13-34(27)42(37(28)25-30)29-21-22-33-32-12-4-6-14-35(32)43(38(33)24-29)39-16-8-9-23-40-39/h2-16,19-26,41H,17-18H2,1H3. The van der Waals surface area contributed by atoms with Gasteiger partial charge in [0, 0.05) is 28.3 Å². The summed E-state index contributed by atoms with van der Waals surface area (Å²) in [6, 6.07) is 46.3. The lowest BCUT2D eigenvalue weighted by molar-refractivity contribution is 0.634. The second kappa shape index (κ2) is 9.83. The molecule has 0 fully saturated rings. The Kier molecular flexibility index (Phi) is 5.62. The molecule has 0 saturated carbocycles. The van der Waals surface area contributed by atoms with Crippen molar-refractivity contribution < 1.29 is 0 Å². The molecule has 1 unspecified atom stereocenters. The minimum atomic E-state index is 0.248. The van der Waals surface area contributed by atoms with Gasteiger partial charge < -0.3 is 4.90 Å². The number of nitrogens with zero attached hydrogens (tertiary/aromatic N) is 4. The fraction of sp³-hybridized carbons (Fsp3) is 0.103. The number of pyridine rings is 1. The Morgan fingerprint density at radius 2 is 1.34 bits per heavy atom. The summed E-state index contributed by atoms with van der Waals surface area (Å²) in [4.78, 5) is 7.23. The van der Waals surface area contributed by atoms with E-state index in [-0.39, 0.29) is 6.04 Å². The van der Waals surface area contributed by atoms with Crippen LogP contribution in [0.5, 0.6) is 0 Å². The van der Waals surface area contributed by atoms with Crippen LogP contribution in [0.3, 0.4) is 0 Å². The molecule has 2 aliphatic rings. The zero-order chi connectivity index (χ0) is 29.2. The van der Waals surface area contributed by atoms with Gasteiger partial charge in [-0.25, -0.2) is 10.4 Å². The number of aromatic nitrogens is 2. The number of anilines is 5. The lowest BCUT2D eigenvalue weighted by atomic mass is 10.0. The maximum atomic E-state index is 4.77. The quantitative estimate of drug-likeness (QED) is 0.230. The van der Waals surface area contributed by atoms with Crippen molar-refractivity contribution in [2.24, 2.45) is 0 Å². The highest BCUT2D eigenvalue weighted by molar-refractivity contribution is 6.10. The van der Waals surface area contributed by atoms with Crippen molar-refractivity contribution >= 4 is 50.2 Å². The van der Waals surface area contributed by atoms with Crippen LogP contribution >= 0.6 is 0 Å². The lowest BCUT2D eigenvalue weighted by Crippen LogP contribution is -2.29. The fourth-order valence-electron chi connectivity index (χ4n) is 7.16. The van der Waals surface area contributed by atoms with Gasteiger partial charge in [-0.3, -0.25) is 9.58 Å². The third-order valence-corrected chi connectivity index (χ3v) is 9.23. The SMILES string of the molecule is CC1NN(c2ccc3c(c2)N(c2ccc4c5ccccc5n(-c5ccccn5)c4c2)c2ccccc2CC3)c2ccccc21. The summed E-state index contributed by atoms with van der Waals surface area (Å²) in [6.45, 7) is 2.22. The van der Waals surface area contributed by atoms with Gasteiger partial charge in [-0.1, -0.05) is 72.8 Å². The summed E-state index contributed by atoms with van der Waals surface area (Å²) >= 11 is 0. The van der Waals surface area contributed by atoms with Gasteiger partial charge in [0.25, 0.3) is 0 Å². The van der Waals surface area contributed by atoms with Crippen LogP contribution in [0.2, 0.25) is 0 Å².